The number of hydrogen-bond acceptors (Lipinski definition) is 6. The SMILES string of the molecule is COc1cc(OC)c(OC)cc1CN1CCC(N2C[C@@H](C)O[C@H](C)C2)CC1. The van der Waals surface area contributed by atoms with Crippen molar-refractivity contribution in [1.82, 2.24) is 9.80 Å². The Morgan fingerprint density at radius 3 is 2.00 bits per heavy atom. The molecule has 2 atom stereocenters. The maximum atomic E-state index is 5.89. The number of hydrogen-bond donors (Lipinski definition) is 0. The van der Waals surface area contributed by atoms with Crippen molar-refractivity contribution in [2.45, 2.75) is 51.5 Å². The van der Waals surface area contributed by atoms with E-state index in [4.69, 9.17) is 18.9 Å². The molecule has 1 aromatic carbocycles. The molecule has 0 bridgehead atoms. The van der Waals surface area contributed by atoms with Gasteiger partial charge in [-0.3, -0.25) is 9.80 Å². The maximum absolute atomic E-state index is 5.89. The molecule has 3 rings (SSSR count). The fraction of sp³-hybridized carbons (Fsp3) is 0.714. The summed E-state index contributed by atoms with van der Waals surface area (Å²) in [6, 6.07) is 4.62. The Kier molecular flexibility index (Phi) is 6.84. The zero-order valence-corrected chi connectivity index (χ0v) is 17.4. The summed E-state index contributed by atoms with van der Waals surface area (Å²) in [5, 5.41) is 0. The average molecular weight is 379 g/mol. The molecule has 6 nitrogen and oxygen atoms in total. The lowest BCUT2D eigenvalue weighted by molar-refractivity contribution is -0.0865. The van der Waals surface area contributed by atoms with Crippen molar-refractivity contribution in [1.29, 1.82) is 0 Å². The highest BCUT2D eigenvalue weighted by Gasteiger charge is 2.30. The van der Waals surface area contributed by atoms with E-state index in [9.17, 15) is 0 Å². The number of piperidine rings is 1. The Labute approximate surface area is 163 Å². The van der Waals surface area contributed by atoms with Crippen LogP contribution in [0.5, 0.6) is 17.2 Å². The van der Waals surface area contributed by atoms with Crippen LogP contribution in [0.15, 0.2) is 12.1 Å². The first kappa shape index (κ1) is 20.2. The average Bonchev–Trinajstić information content (AvgIpc) is 2.67. The number of likely N-dealkylation sites (tertiary alicyclic amines) is 1. The van der Waals surface area contributed by atoms with E-state index in [1.54, 1.807) is 21.3 Å². The summed E-state index contributed by atoms with van der Waals surface area (Å²) < 4.78 is 22.3. The minimum absolute atomic E-state index is 0.336. The van der Waals surface area contributed by atoms with Gasteiger partial charge in [0.2, 0.25) is 0 Å². The molecule has 2 heterocycles. The molecule has 2 aliphatic heterocycles. The molecule has 1 aromatic rings. The third-order valence-corrected chi connectivity index (χ3v) is 5.70. The first-order valence-corrected chi connectivity index (χ1v) is 9.94. The summed E-state index contributed by atoms with van der Waals surface area (Å²) in [4.78, 5) is 5.14. The Morgan fingerprint density at radius 2 is 1.44 bits per heavy atom. The van der Waals surface area contributed by atoms with E-state index in [1.165, 1.54) is 12.8 Å². The van der Waals surface area contributed by atoms with Gasteiger partial charge in [0.05, 0.1) is 33.5 Å². The van der Waals surface area contributed by atoms with E-state index in [2.05, 4.69) is 23.6 Å². The number of benzene rings is 1. The van der Waals surface area contributed by atoms with Crippen LogP contribution in [0.25, 0.3) is 0 Å². The van der Waals surface area contributed by atoms with E-state index in [0.29, 0.717) is 24.0 Å². The van der Waals surface area contributed by atoms with E-state index in [0.717, 1.165) is 49.8 Å². The largest absolute Gasteiger partial charge is 0.496 e. The summed E-state index contributed by atoms with van der Waals surface area (Å²) in [5.41, 5.74) is 1.14. The monoisotopic (exact) mass is 378 g/mol. The van der Waals surface area contributed by atoms with Gasteiger partial charge in [0.25, 0.3) is 0 Å². The highest BCUT2D eigenvalue weighted by Crippen LogP contribution is 2.35. The van der Waals surface area contributed by atoms with E-state index in [-0.39, 0.29) is 0 Å². The fourth-order valence-corrected chi connectivity index (χ4v) is 4.42. The number of morpholine rings is 1. The summed E-state index contributed by atoms with van der Waals surface area (Å²) in [6.45, 7) is 9.54. The summed E-state index contributed by atoms with van der Waals surface area (Å²) in [6.07, 6.45) is 3.08. The molecule has 6 heteroatoms. The second kappa shape index (κ2) is 9.13. The van der Waals surface area contributed by atoms with Gasteiger partial charge in [-0.25, -0.2) is 0 Å². The Hall–Kier alpha value is -1.50. The molecular weight excluding hydrogens is 344 g/mol. The molecule has 0 N–H and O–H groups in total. The Morgan fingerprint density at radius 1 is 0.889 bits per heavy atom. The van der Waals surface area contributed by atoms with E-state index >= 15 is 0 Å². The van der Waals surface area contributed by atoms with Crippen molar-refractivity contribution in [2.24, 2.45) is 0 Å². The van der Waals surface area contributed by atoms with Crippen LogP contribution in [0.2, 0.25) is 0 Å². The lowest BCUT2D eigenvalue weighted by Gasteiger charge is -2.43. The van der Waals surface area contributed by atoms with Crippen molar-refractivity contribution < 1.29 is 18.9 Å². The standard InChI is InChI=1S/C21H34N2O4/c1-15-12-23(13-16(2)27-15)18-6-8-22(9-7-18)14-17-10-20(25-4)21(26-5)11-19(17)24-3/h10-11,15-16,18H,6-9,12-14H2,1-5H3/t15-,16-/m1/s1. The van der Waals surface area contributed by atoms with Crippen molar-refractivity contribution >= 4 is 0 Å². The quantitative estimate of drug-likeness (QED) is 0.758. The maximum Gasteiger partial charge on any atom is 0.164 e. The number of methoxy groups -OCH3 is 3. The molecular formula is C21H34N2O4. The van der Waals surface area contributed by atoms with Gasteiger partial charge in [0.1, 0.15) is 5.75 Å². The third-order valence-electron chi connectivity index (χ3n) is 5.70. The van der Waals surface area contributed by atoms with Crippen LogP contribution in [-0.4, -0.2) is 75.6 Å². The van der Waals surface area contributed by atoms with Gasteiger partial charge in [-0.2, -0.15) is 0 Å². The van der Waals surface area contributed by atoms with Crippen LogP contribution in [0.1, 0.15) is 32.3 Å². The molecule has 0 aromatic heterocycles. The summed E-state index contributed by atoms with van der Waals surface area (Å²) in [7, 11) is 5.02. The molecule has 0 saturated carbocycles. The molecule has 2 aliphatic rings. The first-order chi connectivity index (χ1) is 13.0. The van der Waals surface area contributed by atoms with Crippen molar-refractivity contribution in [3.05, 3.63) is 17.7 Å². The normalized spacial score (nSPS) is 25.4. The third kappa shape index (κ3) is 4.86. The van der Waals surface area contributed by atoms with Crippen LogP contribution >= 0.6 is 0 Å². The van der Waals surface area contributed by atoms with Gasteiger partial charge in [-0.05, 0) is 45.8 Å². The molecule has 2 fully saturated rings. The van der Waals surface area contributed by atoms with Gasteiger partial charge in [-0.15, -0.1) is 0 Å². The molecule has 2 saturated heterocycles. The van der Waals surface area contributed by atoms with Crippen LogP contribution < -0.4 is 14.2 Å². The summed E-state index contributed by atoms with van der Waals surface area (Å²) >= 11 is 0. The summed E-state index contributed by atoms with van der Waals surface area (Å²) in [5.74, 6) is 2.30. The lowest BCUT2D eigenvalue weighted by Crippen LogP contribution is -2.53. The number of rotatable bonds is 6. The molecule has 0 amide bonds. The molecule has 27 heavy (non-hydrogen) atoms. The van der Waals surface area contributed by atoms with Crippen LogP contribution in [-0.2, 0) is 11.3 Å². The van der Waals surface area contributed by atoms with Gasteiger partial charge >= 0.3 is 0 Å². The smallest absolute Gasteiger partial charge is 0.164 e. The highest BCUT2D eigenvalue weighted by molar-refractivity contribution is 5.50. The molecule has 0 radical (unpaired) electrons. The minimum Gasteiger partial charge on any atom is -0.496 e. The lowest BCUT2D eigenvalue weighted by atomic mass is 10.0. The molecule has 0 aliphatic carbocycles. The molecule has 152 valence electrons. The second-order valence-electron chi connectivity index (χ2n) is 7.74. The number of ether oxygens (including phenoxy) is 4. The predicted octanol–water partition coefficient (Wildman–Crippen LogP) is 2.79. The van der Waals surface area contributed by atoms with Gasteiger partial charge in [0, 0.05) is 37.3 Å². The van der Waals surface area contributed by atoms with Crippen LogP contribution in [0, 0.1) is 0 Å². The Bertz CT molecular complexity index is 606. The second-order valence-corrected chi connectivity index (χ2v) is 7.74. The van der Waals surface area contributed by atoms with Crippen molar-refractivity contribution in [3.63, 3.8) is 0 Å². The van der Waals surface area contributed by atoms with Gasteiger partial charge in [0.15, 0.2) is 11.5 Å². The van der Waals surface area contributed by atoms with Gasteiger partial charge in [-0.1, -0.05) is 0 Å². The van der Waals surface area contributed by atoms with Gasteiger partial charge < -0.3 is 18.9 Å². The Balaban J connectivity index is 1.60. The zero-order chi connectivity index (χ0) is 19.4. The van der Waals surface area contributed by atoms with Crippen LogP contribution in [0.3, 0.4) is 0 Å². The minimum atomic E-state index is 0.336. The fourth-order valence-electron chi connectivity index (χ4n) is 4.42. The highest BCUT2D eigenvalue weighted by atomic mass is 16.5. The number of nitrogens with zero attached hydrogens (tertiary/aromatic N) is 2. The molecule has 0 spiro atoms. The van der Waals surface area contributed by atoms with Crippen molar-refractivity contribution in [3.8, 4) is 17.2 Å². The van der Waals surface area contributed by atoms with Crippen molar-refractivity contribution in [2.75, 3.05) is 47.5 Å². The van der Waals surface area contributed by atoms with E-state index in [1.807, 2.05) is 12.1 Å². The topological polar surface area (TPSA) is 43.4 Å². The zero-order valence-electron chi connectivity index (χ0n) is 17.4. The molecule has 0 unspecified atom stereocenters. The van der Waals surface area contributed by atoms with E-state index < -0.39 is 0 Å². The first-order valence-electron chi connectivity index (χ1n) is 9.94. The predicted molar refractivity (Wildman–Crippen MR) is 106 cm³/mol. The van der Waals surface area contributed by atoms with Crippen LogP contribution in [0.4, 0.5) is 0 Å².